The van der Waals surface area contributed by atoms with E-state index in [4.69, 9.17) is 0 Å². The molecule has 3 unspecified atom stereocenters. The molecule has 0 aromatic heterocycles. The first-order valence-electron chi connectivity index (χ1n) is 9.21. The Morgan fingerprint density at radius 3 is 1.70 bits per heavy atom. The third kappa shape index (κ3) is 12.2. The molecular weight excluding hydrogens is 344 g/mol. The average Bonchev–Trinajstić information content (AvgIpc) is 2.53. The largest absolute Gasteiger partial charge is 0.469 e. The highest BCUT2D eigenvalue weighted by Gasteiger charge is 2.29. The molecule has 0 aliphatic heterocycles. The van der Waals surface area contributed by atoms with Gasteiger partial charge in [0.25, 0.3) is 0 Å². The smallest absolute Gasteiger partial charge is 0.312 e. The highest BCUT2D eigenvalue weighted by Crippen LogP contribution is 2.19. The van der Waals surface area contributed by atoms with Crippen LogP contribution in [0.4, 0.5) is 0 Å². The van der Waals surface area contributed by atoms with Gasteiger partial charge in [-0.25, -0.2) is 0 Å². The lowest BCUT2D eigenvalue weighted by Crippen LogP contribution is -2.32. The molecule has 0 spiro atoms. The van der Waals surface area contributed by atoms with Crippen molar-refractivity contribution in [3.8, 4) is 0 Å². The Kier molecular flexibility index (Phi) is 14.4. The summed E-state index contributed by atoms with van der Waals surface area (Å²) in [6.07, 6.45) is 4.62. The number of ether oxygens (including phenoxy) is 2. The molecule has 0 aromatic carbocycles. The second-order valence-corrected chi connectivity index (χ2v) is 7.53. The second kappa shape index (κ2) is 14.2. The van der Waals surface area contributed by atoms with Gasteiger partial charge in [0.2, 0.25) is 0 Å². The molecule has 0 amide bonds. The van der Waals surface area contributed by atoms with E-state index >= 15 is 0 Å². The van der Waals surface area contributed by atoms with Gasteiger partial charge in [0.1, 0.15) is 0 Å². The van der Waals surface area contributed by atoms with Crippen molar-refractivity contribution in [3.63, 3.8) is 0 Å². The second-order valence-electron chi connectivity index (χ2n) is 7.53. The van der Waals surface area contributed by atoms with Gasteiger partial charge in [-0.15, -0.1) is 0 Å². The standard InChI is InChI=1S/C11H20O3.C11H18O2/c1-7(2)6-9(12)10(8(3)4)11(13)14-5;1-8(2)6-7-10(9(3)4)11(12)13-5/h6,8-10,12H,1-5H3;6-7,9-10H,1H2,2-5H3/b;7-6+. The number of carbonyl (C=O) groups excluding carboxylic acids is 2. The fourth-order valence-corrected chi connectivity index (χ4v) is 2.36. The van der Waals surface area contributed by atoms with Gasteiger partial charge in [-0.05, 0) is 32.6 Å². The number of aliphatic hydroxyl groups excluding tert-OH is 1. The minimum Gasteiger partial charge on any atom is -0.469 e. The number of hydrogen-bond acceptors (Lipinski definition) is 5. The van der Waals surface area contributed by atoms with E-state index in [9.17, 15) is 14.7 Å². The molecule has 3 atom stereocenters. The summed E-state index contributed by atoms with van der Waals surface area (Å²) in [5, 5.41) is 9.77. The summed E-state index contributed by atoms with van der Waals surface area (Å²) in [6.45, 7) is 17.2. The molecule has 0 aromatic rings. The summed E-state index contributed by atoms with van der Waals surface area (Å²) >= 11 is 0. The molecule has 0 saturated heterocycles. The minimum absolute atomic E-state index is 0.0630. The van der Waals surface area contributed by atoms with E-state index in [-0.39, 0.29) is 29.7 Å². The maximum atomic E-state index is 11.4. The van der Waals surface area contributed by atoms with Crippen molar-refractivity contribution in [3.05, 3.63) is 36.0 Å². The Morgan fingerprint density at radius 1 is 0.926 bits per heavy atom. The SMILES string of the molecule is C=C(C)/C=C/C(C(=O)OC)C(C)C.COC(=O)C(C(C)C)C(O)C=C(C)C. The van der Waals surface area contributed by atoms with Gasteiger partial charge in [0.05, 0.1) is 32.2 Å². The zero-order valence-corrected chi connectivity index (χ0v) is 18.4. The summed E-state index contributed by atoms with van der Waals surface area (Å²) in [5.74, 6) is -0.870. The topological polar surface area (TPSA) is 72.8 Å². The summed E-state index contributed by atoms with van der Waals surface area (Å²) in [7, 11) is 2.75. The van der Waals surface area contributed by atoms with Gasteiger partial charge < -0.3 is 14.6 Å². The van der Waals surface area contributed by atoms with E-state index < -0.39 is 12.0 Å². The maximum absolute atomic E-state index is 11.4. The third-order valence-electron chi connectivity index (χ3n) is 3.84. The number of carbonyl (C=O) groups is 2. The molecule has 0 radical (unpaired) electrons. The number of rotatable bonds is 8. The molecule has 5 nitrogen and oxygen atoms in total. The molecule has 0 bridgehead atoms. The van der Waals surface area contributed by atoms with Gasteiger partial charge in [-0.2, -0.15) is 0 Å². The van der Waals surface area contributed by atoms with E-state index in [1.807, 2.05) is 60.6 Å². The fourth-order valence-electron chi connectivity index (χ4n) is 2.36. The number of esters is 2. The van der Waals surface area contributed by atoms with Crippen molar-refractivity contribution in [2.45, 2.75) is 54.6 Å². The monoisotopic (exact) mass is 382 g/mol. The third-order valence-corrected chi connectivity index (χ3v) is 3.84. The van der Waals surface area contributed by atoms with Gasteiger partial charge in [-0.3, -0.25) is 9.59 Å². The van der Waals surface area contributed by atoms with Crippen molar-refractivity contribution in [1.82, 2.24) is 0 Å². The molecule has 5 heteroatoms. The van der Waals surface area contributed by atoms with Gasteiger partial charge in [-0.1, -0.05) is 63.6 Å². The number of allylic oxidation sites excluding steroid dienone is 3. The Balaban J connectivity index is 0. The molecular formula is C22H38O5. The lowest BCUT2D eigenvalue weighted by molar-refractivity contribution is -0.150. The zero-order chi connectivity index (χ0) is 21.7. The van der Waals surface area contributed by atoms with Crippen LogP contribution in [-0.4, -0.2) is 37.4 Å². The molecule has 0 rings (SSSR count). The maximum Gasteiger partial charge on any atom is 0.312 e. The minimum atomic E-state index is -0.757. The molecule has 0 saturated carbocycles. The van der Waals surface area contributed by atoms with Gasteiger partial charge >= 0.3 is 11.9 Å². The molecule has 0 aliphatic rings. The summed E-state index contributed by atoms with van der Waals surface area (Å²) < 4.78 is 9.33. The molecule has 0 aliphatic carbocycles. The van der Waals surface area contributed by atoms with Crippen molar-refractivity contribution in [2.24, 2.45) is 23.7 Å². The molecule has 27 heavy (non-hydrogen) atoms. The van der Waals surface area contributed by atoms with Crippen molar-refractivity contribution >= 4 is 11.9 Å². The number of hydrogen-bond donors (Lipinski definition) is 1. The van der Waals surface area contributed by atoms with Crippen molar-refractivity contribution in [2.75, 3.05) is 14.2 Å². The van der Waals surface area contributed by atoms with Crippen LogP contribution in [-0.2, 0) is 19.1 Å². The molecule has 156 valence electrons. The van der Waals surface area contributed by atoms with Crippen LogP contribution < -0.4 is 0 Å². The van der Waals surface area contributed by atoms with Crippen LogP contribution in [0.3, 0.4) is 0 Å². The first kappa shape index (κ1) is 27.3. The predicted molar refractivity (Wildman–Crippen MR) is 110 cm³/mol. The van der Waals surface area contributed by atoms with Crippen LogP contribution in [0.2, 0.25) is 0 Å². The predicted octanol–water partition coefficient (Wildman–Crippen LogP) is 4.32. The van der Waals surface area contributed by atoms with Gasteiger partial charge in [0.15, 0.2) is 0 Å². The molecule has 1 N–H and O–H groups in total. The zero-order valence-electron chi connectivity index (χ0n) is 18.4. The quantitative estimate of drug-likeness (QED) is 0.384. The van der Waals surface area contributed by atoms with Crippen LogP contribution in [0.5, 0.6) is 0 Å². The summed E-state index contributed by atoms with van der Waals surface area (Å²) in [4.78, 5) is 22.6. The lowest BCUT2D eigenvalue weighted by atomic mass is 9.89. The van der Waals surface area contributed by atoms with Crippen LogP contribution >= 0.6 is 0 Å². The van der Waals surface area contributed by atoms with E-state index in [1.165, 1.54) is 14.2 Å². The Labute approximate surface area is 165 Å². The Hall–Kier alpha value is -1.88. The molecule has 0 fully saturated rings. The normalized spacial score (nSPS) is 14.1. The van der Waals surface area contributed by atoms with E-state index in [0.29, 0.717) is 0 Å². The summed E-state index contributed by atoms with van der Waals surface area (Å²) in [5.41, 5.74) is 1.93. The van der Waals surface area contributed by atoms with Crippen LogP contribution in [0, 0.1) is 23.7 Å². The number of methoxy groups -OCH3 is 2. The lowest BCUT2D eigenvalue weighted by Gasteiger charge is -2.21. The average molecular weight is 383 g/mol. The van der Waals surface area contributed by atoms with Crippen LogP contribution in [0.1, 0.15) is 48.5 Å². The highest BCUT2D eigenvalue weighted by molar-refractivity contribution is 5.74. The van der Waals surface area contributed by atoms with Crippen molar-refractivity contribution < 1.29 is 24.2 Å². The van der Waals surface area contributed by atoms with Gasteiger partial charge in [0, 0.05) is 0 Å². The Bertz CT molecular complexity index is 525. The fraction of sp³-hybridized carbons (Fsp3) is 0.636. The van der Waals surface area contributed by atoms with E-state index in [2.05, 4.69) is 16.1 Å². The first-order valence-corrected chi connectivity index (χ1v) is 9.21. The van der Waals surface area contributed by atoms with E-state index in [1.54, 1.807) is 6.08 Å². The van der Waals surface area contributed by atoms with Crippen molar-refractivity contribution in [1.29, 1.82) is 0 Å². The highest BCUT2D eigenvalue weighted by atomic mass is 16.5. The molecule has 0 heterocycles. The van der Waals surface area contributed by atoms with Crippen LogP contribution in [0.15, 0.2) is 36.0 Å². The van der Waals surface area contributed by atoms with E-state index in [0.717, 1.165) is 11.1 Å². The summed E-state index contributed by atoms with van der Waals surface area (Å²) in [6, 6.07) is 0. The first-order chi connectivity index (χ1) is 12.4. The number of aliphatic hydroxyl groups is 1. The van der Waals surface area contributed by atoms with Crippen LogP contribution in [0.25, 0.3) is 0 Å². The Morgan fingerprint density at radius 2 is 1.41 bits per heavy atom.